The Kier molecular flexibility index (Phi) is 3.61. The van der Waals surface area contributed by atoms with Crippen molar-refractivity contribution in [2.24, 2.45) is 0 Å². The topological polar surface area (TPSA) is 108 Å². The number of H-pyrrole nitrogens is 1. The van der Waals surface area contributed by atoms with E-state index >= 15 is 0 Å². The van der Waals surface area contributed by atoms with Gasteiger partial charge < -0.3 is 15.4 Å². The number of carboxylic acid groups (broad SMARTS) is 1. The summed E-state index contributed by atoms with van der Waals surface area (Å²) >= 11 is 1.25. The summed E-state index contributed by atoms with van der Waals surface area (Å²) in [4.78, 5) is 32.7. The first-order valence-corrected chi connectivity index (χ1v) is 6.37. The Hall–Kier alpha value is -2.22. The molecule has 0 aliphatic heterocycles. The van der Waals surface area contributed by atoms with Crippen molar-refractivity contribution in [3.63, 3.8) is 0 Å². The molecule has 2 heterocycles. The Morgan fingerprint density at radius 1 is 1.53 bits per heavy atom. The van der Waals surface area contributed by atoms with Crippen LogP contribution in [0.4, 0.5) is 5.82 Å². The van der Waals surface area contributed by atoms with Crippen LogP contribution in [-0.4, -0.2) is 26.0 Å². The highest BCUT2D eigenvalue weighted by molar-refractivity contribution is 7.09. The molecule has 19 heavy (non-hydrogen) atoms. The van der Waals surface area contributed by atoms with Gasteiger partial charge in [-0.3, -0.25) is 4.79 Å². The normalized spacial score (nSPS) is 12.1. The van der Waals surface area contributed by atoms with Crippen LogP contribution >= 0.6 is 11.3 Å². The predicted octanol–water partition coefficient (Wildman–Crippen LogP) is 1.41. The third-order valence-corrected chi connectivity index (χ3v) is 3.36. The molecule has 0 saturated heterocycles. The highest BCUT2D eigenvalue weighted by Gasteiger charge is 2.14. The largest absolute Gasteiger partial charge is 0.476 e. The van der Waals surface area contributed by atoms with Gasteiger partial charge in [0.2, 0.25) is 0 Å². The van der Waals surface area contributed by atoms with E-state index in [1.165, 1.54) is 22.8 Å². The summed E-state index contributed by atoms with van der Waals surface area (Å²) in [5.74, 6) is -0.117. The van der Waals surface area contributed by atoms with Gasteiger partial charge in [-0.05, 0) is 13.8 Å². The van der Waals surface area contributed by atoms with Gasteiger partial charge in [-0.25, -0.2) is 14.8 Å². The van der Waals surface area contributed by atoms with E-state index in [1.54, 1.807) is 6.92 Å². The minimum atomic E-state index is -1.06. The van der Waals surface area contributed by atoms with Crippen LogP contribution in [0.2, 0.25) is 0 Å². The first kappa shape index (κ1) is 13.2. The fraction of sp³-hybridized carbons (Fsp3) is 0.273. The van der Waals surface area contributed by atoms with Crippen LogP contribution in [0.3, 0.4) is 0 Å². The molecule has 100 valence electrons. The molecule has 2 aromatic rings. The minimum Gasteiger partial charge on any atom is -0.476 e. The first-order chi connectivity index (χ1) is 8.95. The molecule has 0 radical (unpaired) electrons. The molecule has 0 bridgehead atoms. The second kappa shape index (κ2) is 5.19. The lowest BCUT2D eigenvalue weighted by Gasteiger charge is -2.11. The Morgan fingerprint density at radius 2 is 2.26 bits per heavy atom. The maximum absolute atomic E-state index is 11.3. The van der Waals surface area contributed by atoms with E-state index in [0.29, 0.717) is 16.6 Å². The molecule has 2 rings (SSSR count). The predicted molar refractivity (Wildman–Crippen MR) is 70.7 cm³/mol. The van der Waals surface area contributed by atoms with Crippen molar-refractivity contribution in [1.29, 1.82) is 0 Å². The number of nitrogens with one attached hydrogen (secondary N) is 2. The number of hydrogen-bond acceptors (Lipinski definition) is 6. The van der Waals surface area contributed by atoms with Gasteiger partial charge >= 0.3 is 5.97 Å². The average molecular weight is 280 g/mol. The van der Waals surface area contributed by atoms with Crippen molar-refractivity contribution in [2.45, 2.75) is 19.9 Å². The zero-order valence-corrected chi connectivity index (χ0v) is 11.1. The molecule has 1 unspecified atom stereocenters. The summed E-state index contributed by atoms with van der Waals surface area (Å²) in [5, 5.41) is 13.9. The fourth-order valence-electron chi connectivity index (χ4n) is 1.52. The van der Waals surface area contributed by atoms with Crippen LogP contribution in [0.15, 0.2) is 16.2 Å². The second-order valence-corrected chi connectivity index (χ2v) is 4.85. The summed E-state index contributed by atoms with van der Waals surface area (Å²) in [6.07, 6.45) is 0. The maximum Gasteiger partial charge on any atom is 0.355 e. The summed E-state index contributed by atoms with van der Waals surface area (Å²) in [6.45, 7) is 3.51. The monoisotopic (exact) mass is 280 g/mol. The molecular formula is C11H12N4O3S. The van der Waals surface area contributed by atoms with E-state index in [9.17, 15) is 9.59 Å². The molecule has 7 nitrogen and oxygen atoms in total. The molecule has 0 fully saturated rings. The number of carbonyl (C=O) groups is 1. The molecule has 3 N–H and O–H groups in total. The maximum atomic E-state index is 11.3. The zero-order valence-electron chi connectivity index (χ0n) is 10.3. The first-order valence-electron chi connectivity index (χ1n) is 5.49. The van der Waals surface area contributed by atoms with Crippen LogP contribution in [-0.2, 0) is 0 Å². The van der Waals surface area contributed by atoms with E-state index in [1.807, 2.05) is 6.92 Å². The Balaban J connectivity index is 2.17. The molecule has 1 atom stereocenters. The van der Waals surface area contributed by atoms with Crippen molar-refractivity contribution in [3.05, 3.63) is 38.3 Å². The van der Waals surface area contributed by atoms with Gasteiger partial charge in [0, 0.05) is 11.4 Å². The van der Waals surface area contributed by atoms with Gasteiger partial charge in [-0.15, -0.1) is 11.3 Å². The number of nitrogens with zero attached hydrogens (tertiary/aromatic N) is 2. The fourth-order valence-corrected chi connectivity index (χ4v) is 2.32. The van der Waals surface area contributed by atoms with Crippen molar-refractivity contribution < 1.29 is 9.90 Å². The number of thiazole rings is 1. The van der Waals surface area contributed by atoms with Crippen LogP contribution < -0.4 is 10.9 Å². The van der Waals surface area contributed by atoms with E-state index in [2.05, 4.69) is 20.3 Å². The van der Waals surface area contributed by atoms with Crippen LogP contribution in [0.1, 0.15) is 34.3 Å². The summed E-state index contributed by atoms with van der Waals surface area (Å²) in [7, 11) is 0. The third-order valence-electron chi connectivity index (χ3n) is 2.34. The van der Waals surface area contributed by atoms with Gasteiger partial charge in [0.25, 0.3) is 5.56 Å². The van der Waals surface area contributed by atoms with E-state index < -0.39 is 5.97 Å². The van der Waals surface area contributed by atoms with Gasteiger partial charge in [0.05, 0.1) is 6.04 Å². The molecule has 0 aromatic carbocycles. The molecule has 0 amide bonds. The van der Waals surface area contributed by atoms with Crippen LogP contribution in [0.25, 0.3) is 0 Å². The van der Waals surface area contributed by atoms with Crippen LogP contribution in [0, 0.1) is 6.92 Å². The SMILES string of the molecule is Cc1nc(NC(C)c2nc(C(=O)O)cs2)cc(=O)[nH]1. The smallest absolute Gasteiger partial charge is 0.355 e. The highest BCUT2D eigenvalue weighted by Crippen LogP contribution is 2.21. The third kappa shape index (κ3) is 3.16. The number of aromatic amines is 1. The second-order valence-electron chi connectivity index (χ2n) is 3.96. The standard InChI is InChI=1S/C11H12N4O3S/c1-5(10-15-7(4-19-10)11(17)18)12-8-3-9(16)14-6(2)13-8/h3-5H,1-2H3,(H,17,18)(H2,12,13,14,16). The number of aryl methyl sites for hydroxylation is 1. The average Bonchev–Trinajstić information content (AvgIpc) is 2.76. The molecule has 0 saturated carbocycles. The molecule has 2 aromatic heterocycles. The number of carboxylic acids is 1. The summed E-state index contributed by atoms with van der Waals surface area (Å²) < 4.78 is 0. The van der Waals surface area contributed by atoms with Gasteiger partial charge in [0.1, 0.15) is 16.6 Å². The zero-order chi connectivity index (χ0) is 14.0. The molecule has 8 heteroatoms. The van der Waals surface area contributed by atoms with Crippen molar-refractivity contribution in [3.8, 4) is 0 Å². The van der Waals surface area contributed by atoms with Gasteiger partial charge in [-0.2, -0.15) is 0 Å². The van der Waals surface area contributed by atoms with E-state index in [4.69, 9.17) is 5.11 Å². The van der Waals surface area contributed by atoms with E-state index in [0.717, 1.165) is 0 Å². The van der Waals surface area contributed by atoms with Crippen molar-refractivity contribution in [2.75, 3.05) is 5.32 Å². The Bertz CT molecular complexity index is 664. The molecule has 0 aliphatic rings. The summed E-state index contributed by atoms with van der Waals surface area (Å²) in [6, 6.07) is 1.11. The number of rotatable bonds is 4. The van der Waals surface area contributed by atoms with Gasteiger partial charge in [0.15, 0.2) is 5.69 Å². The Labute approximate surface area is 112 Å². The van der Waals surface area contributed by atoms with Crippen molar-refractivity contribution in [1.82, 2.24) is 15.0 Å². The molecule has 0 spiro atoms. The Morgan fingerprint density at radius 3 is 2.84 bits per heavy atom. The quantitative estimate of drug-likeness (QED) is 0.781. The number of hydrogen-bond donors (Lipinski definition) is 3. The van der Waals surface area contributed by atoms with Crippen molar-refractivity contribution >= 4 is 23.1 Å². The summed E-state index contributed by atoms with van der Waals surface area (Å²) in [5.41, 5.74) is -0.226. The highest BCUT2D eigenvalue weighted by atomic mass is 32.1. The van der Waals surface area contributed by atoms with Gasteiger partial charge in [-0.1, -0.05) is 0 Å². The molecular weight excluding hydrogens is 268 g/mol. The minimum absolute atomic E-state index is 0.0173. The lowest BCUT2D eigenvalue weighted by Crippen LogP contribution is -2.14. The van der Waals surface area contributed by atoms with E-state index in [-0.39, 0.29) is 17.3 Å². The lowest BCUT2D eigenvalue weighted by molar-refractivity contribution is 0.0691. The number of aromatic carboxylic acids is 1. The number of anilines is 1. The van der Waals surface area contributed by atoms with Crippen LogP contribution in [0.5, 0.6) is 0 Å². The molecule has 0 aliphatic carbocycles. The lowest BCUT2D eigenvalue weighted by atomic mass is 10.3. The number of aromatic nitrogens is 3.